The molecule has 0 saturated carbocycles. The van der Waals surface area contributed by atoms with Gasteiger partial charge in [0.25, 0.3) is 5.69 Å². The Bertz CT molecular complexity index is 530. The fourth-order valence-electron chi connectivity index (χ4n) is 3.39. The summed E-state index contributed by atoms with van der Waals surface area (Å²) in [5, 5.41) is 14.3. The molecule has 21 heavy (non-hydrogen) atoms. The summed E-state index contributed by atoms with van der Waals surface area (Å²) in [5.74, 6) is 0. The third-order valence-electron chi connectivity index (χ3n) is 4.55. The molecule has 0 aromatic heterocycles. The van der Waals surface area contributed by atoms with E-state index in [1.54, 1.807) is 12.1 Å². The Hall–Kier alpha value is -1.17. The van der Waals surface area contributed by atoms with Gasteiger partial charge in [-0.2, -0.15) is 0 Å². The van der Waals surface area contributed by atoms with Crippen LogP contribution in [-0.2, 0) is 13.0 Å². The van der Waals surface area contributed by atoms with E-state index in [1.807, 2.05) is 6.07 Å². The summed E-state index contributed by atoms with van der Waals surface area (Å²) in [4.78, 5) is 13.0. The van der Waals surface area contributed by atoms with Crippen LogP contribution in [0, 0.1) is 15.5 Å². The van der Waals surface area contributed by atoms with Crippen molar-refractivity contribution in [3.63, 3.8) is 0 Å². The highest BCUT2D eigenvalue weighted by Crippen LogP contribution is 2.29. The average molecular weight is 312 g/mol. The molecular weight excluding hydrogens is 290 g/mol. The first-order chi connectivity index (χ1) is 9.56. The quantitative estimate of drug-likeness (QED) is 0.688. The summed E-state index contributed by atoms with van der Waals surface area (Å²) in [5.41, 5.74) is 2.94. The number of fused-ring (bicyclic) bond motifs is 1. The number of rotatable bonds is 3. The molecule has 1 aromatic rings. The average Bonchev–Trinajstić information content (AvgIpc) is 2.84. The predicted octanol–water partition coefficient (Wildman–Crippen LogP) is 2.37. The summed E-state index contributed by atoms with van der Waals surface area (Å²) in [6.07, 6.45) is 2.21. The Kier molecular flexibility index (Phi) is 4.86. The van der Waals surface area contributed by atoms with Crippen molar-refractivity contribution in [1.29, 1.82) is 0 Å². The van der Waals surface area contributed by atoms with E-state index in [9.17, 15) is 10.1 Å². The van der Waals surface area contributed by atoms with Crippen LogP contribution in [0.25, 0.3) is 0 Å². The van der Waals surface area contributed by atoms with Crippen LogP contribution in [0.2, 0.25) is 0 Å². The zero-order valence-electron chi connectivity index (χ0n) is 12.3. The molecule has 116 valence electrons. The molecule has 1 N–H and O–H groups in total. The summed E-state index contributed by atoms with van der Waals surface area (Å²) in [6, 6.07) is 5.29. The fourth-order valence-corrected chi connectivity index (χ4v) is 3.39. The van der Waals surface area contributed by atoms with Crippen LogP contribution in [0.5, 0.6) is 0 Å². The molecule has 1 saturated heterocycles. The molecule has 6 heteroatoms. The SMILES string of the molecule is CC1(CN2CCc3ccc([N+](=O)[O-])cc3C2)CCNC1.Cl. The second kappa shape index (κ2) is 6.30. The van der Waals surface area contributed by atoms with Crippen molar-refractivity contribution in [3.05, 3.63) is 39.4 Å². The van der Waals surface area contributed by atoms with Crippen molar-refractivity contribution in [1.82, 2.24) is 10.2 Å². The maximum absolute atomic E-state index is 10.9. The lowest BCUT2D eigenvalue weighted by Gasteiger charge is -2.35. The van der Waals surface area contributed by atoms with Crippen LogP contribution < -0.4 is 5.32 Å². The number of nitrogens with zero attached hydrogens (tertiary/aromatic N) is 2. The van der Waals surface area contributed by atoms with Crippen molar-refractivity contribution in [2.24, 2.45) is 5.41 Å². The minimum atomic E-state index is -0.304. The molecule has 0 aliphatic carbocycles. The van der Waals surface area contributed by atoms with Gasteiger partial charge in [-0.1, -0.05) is 13.0 Å². The van der Waals surface area contributed by atoms with Crippen molar-refractivity contribution in [2.45, 2.75) is 26.3 Å². The van der Waals surface area contributed by atoms with Gasteiger partial charge >= 0.3 is 0 Å². The lowest BCUT2D eigenvalue weighted by atomic mass is 9.88. The molecule has 5 nitrogen and oxygen atoms in total. The molecule has 1 fully saturated rings. The van der Waals surface area contributed by atoms with Gasteiger partial charge in [0, 0.05) is 38.3 Å². The first kappa shape index (κ1) is 16.2. The van der Waals surface area contributed by atoms with Crippen LogP contribution in [0.3, 0.4) is 0 Å². The number of hydrogen-bond donors (Lipinski definition) is 1. The van der Waals surface area contributed by atoms with Gasteiger partial charge < -0.3 is 5.32 Å². The van der Waals surface area contributed by atoms with E-state index in [0.29, 0.717) is 5.41 Å². The molecule has 0 bridgehead atoms. The lowest BCUT2D eigenvalue weighted by Crippen LogP contribution is -2.40. The van der Waals surface area contributed by atoms with Crippen LogP contribution in [0.1, 0.15) is 24.5 Å². The number of nitrogens with one attached hydrogen (secondary N) is 1. The number of hydrogen-bond acceptors (Lipinski definition) is 4. The van der Waals surface area contributed by atoms with Gasteiger partial charge in [0.2, 0.25) is 0 Å². The highest BCUT2D eigenvalue weighted by atomic mass is 35.5. The Morgan fingerprint density at radius 1 is 1.43 bits per heavy atom. The normalized spacial score (nSPS) is 25.2. The van der Waals surface area contributed by atoms with Gasteiger partial charge in [-0.05, 0) is 35.9 Å². The maximum Gasteiger partial charge on any atom is 0.269 e. The highest BCUT2D eigenvalue weighted by Gasteiger charge is 2.31. The summed E-state index contributed by atoms with van der Waals surface area (Å²) in [7, 11) is 0. The highest BCUT2D eigenvalue weighted by molar-refractivity contribution is 5.85. The second-order valence-corrected chi connectivity index (χ2v) is 6.41. The third kappa shape index (κ3) is 3.54. The second-order valence-electron chi connectivity index (χ2n) is 6.41. The fraction of sp³-hybridized carbons (Fsp3) is 0.600. The van der Waals surface area contributed by atoms with Gasteiger partial charge in [-0.3, -0.25) is 15.0 Å². The van der Waals surface area contributed by atoms with E-state index in [-0.39, 0.29) is 23.0 Å². The van der Waals surface area contributed by atoms with Gasteiger partial charge in [0.15, 0.2) is 0 Å². The zero-order chi connectivity index (χ0) is 14.2. The van der Waals surface area contributed by atoms with Crippen molar-refractivity contribution in [2.75, 3.05) is 26.2 Å². The first-order valence-electron chi connectivity index (χ1n) is 7.25. The van der Waals surface area contributed by atoms with Gasteiger partial charge in [-0.25, -0.2) is 0 Å². The molecule has 1 atom stereocenters. The van der Waals surface area contributed by atoms with E-state index in [4.69, 9.17) is 0 Å². The van der Waals surface area contributed by atoms with Gasteiger partial charge in [0.05, 0.1) is 4.92 Å². The van der Waals surface area contributed by atoms with Crippen LogP contribution >= 0.6 is 12.4 Å². The molecule has 3 rings (SSSR count). The van der Waals surface area contributed by atoms with E-state index in [2.05, 4.69) is 17.1 Å². The molecule has 0 radical (unpaired) electrons. The predicted molar refractivity (Wildman–Crippen MR) is 84.9 cm³/mol. The molecule has 0 amide bonds. The maximum atomic E-state index is 10.9. The van der Waals surface area contributed by atoms with Crippen molar-refractivity contribution in [3.8, 4) is 0 Å². The van der Waals surface area contributed by atoms with E-state index in [0.717, 1.165) is 44.7 Å². The minimum Gasteiger partial charge on any atom is -0.316 e. The Morgan fingerprint density at radius 3 is 2.90 bits per heavy atom. The summed E-state index contributed by atoms with van der Waals surface area (Å²) >= 11 is 0. The number of halogens is 1. The van der Waals surface area contributed by atoms with Crippen molar-refractivity contribution >= 4 is 18.1 Å². The Balaban J connectivity index is 0.00000161. The molecule has 2 aliphatic rings. The molecule has 1 aromatic carbocycles. The standard InChI is InChI=1S/C15H21N3O2.ClH/c1-15(5-6-16-10-15)11-17-7-4-12-2-3-14(18(19)20)8-13(12)9-17;/h2-3,8,16H,4-7,9-11H2,1H3;1H. The number of non-ortho nitro benzene ring substituents is 1. The smallest absolute Gasteiger partial charge is 0.269 e. The van der Waals surface area contributed by atoms with E-state index < -0.39 is 0 Å². The Morgan fingerprint density at radius 2 is 2.24 bits per heavy atom. The molecule has 2 heterocycles. The molecule has 0 spiro atoms. The van der Waals surface area contributed by atoms with Crippen LogP contribution in [-0.4, -0.2) is 36.0 Å². The van der Waals surface area contributed by atoms with Crippen LogP contribution in [0.15, 0.2) is 18.2 Å². The largest absolute Gasteiger partial charge is 0.316 e. The van der Waals surface area contributed by atoms with Crippen LogP contribution in [0.4, 0.5) is 5.69 Å². The number of nitro benzene ring substituents is 1. The molecule has 1 unspecified atom stereocenters. The van der Waals surface area contributed by atoms with E-state index >= 15 is 0 Å². The van der Waals surface area contributed by atoms with E-state index in [1.165, 1.54) is 12.0 Å². The lowest BCUT2D eigenvalue weighted by molar-refractivity contribution is -0.385. The minimum absolute atomic E-state index is 0. The Labute approximate surface area is 131 Å². The zero-order valence-corrected chi connectivity index (χ0v) is 13.1. The number of benzene rings is 1. The molecule has 2 aliphatic heterocycles. The van der Waals surface area contributed by atoms with Crippen molar-refractivity contribution < 1.29 is 4.92 Å². The monoisotopic (exact) mass is 311 g/mol. The molecular formula is C15H22ClN3O2. The third-order valence-corrected chi connectivity index (χ3v) is 4.55. The number of nitro groups is 1. The summed E-state index contributed by atoms with van der Waals surface area (Å²) in [6.45, 7) is 7.47. The topological polar surface area (TPSA) is 58.4 Å². The first-order valence-corrected chi connectivity index (χ1v) is 7.25. The van der Waals surface area contributed by atoms with Gasteiger partial charge in [-0.15, -0.1) is 12.4 Å². The summed E-state index contributed by atoms with van der Waals surface area (Å²) < 4.78 is 0. The van der Waals surface area contributed by atoms with Gasteiger partial charge in [0.1, 0.15) is 0 Å².